The van der Waals surface area contributed by atoms with Gasteiger partial charge in [0.15, 0.2) is 0 Å². The normalized spacial score (nSPS) is 16.8. The first-order chi connectivity index (χ1) is 12.3. The maximum Gasteiger partial charge on any atom is 0.120 e. The van der Waals surface area contributed by atoms with Crippen LogP contribution in [0.4, 0.5) is 0 Å². The maximum absolute atomic E-state index is 5.78. The molecule has 0 saturated carbocycles. The third-order valence-corrected chi connectivity index (χ3v) is 5.36. The van der Waals surface area contributed by atoms with Gasteiger partial charge in [0.1, 0.15) is 12.4 Å². The fraction of sp³-hybridized carbons (Fsp3) is 0.417. The molecule has 1 heteroatoms. The van der Waals surface area contributed by atoms with Gasteiger partial charge < -0.3 is 4.74 Å². The van der Waals surface area contributed by atoms with Gasteiger partial charge in [0, 0.05) is 0 Å². The van der Waals surface area contributed by atoms with Crippen molar-refractivity contribution in [3.05, 3.63) is 76.9 Å². The van der Waals surface area contributed by atoms with Crippen LogP contribution in [0.1, 0.15) is 48.9 Å². The van der Waals surface area contributed by atoms with Gasteiger partial charge in [-0.1, -0.05) is 49.4 Å². The topological polar surface area (TPSA) is 9.23 Å². The highest BCUT2D eigenvalue weighted by Gasteiger charge is 2.19. The highest BCUT2D eigenvalue weighted by atomic mass is 16.5. The Kier molecular flexibility index (Phi) is 6.33. The zero-order valence-corrected chi connectivity index (χ0v) is 15.6. The zero-order chi connectivity index (χ0) is 17.5. The third kappa shape index (κ3) is 4.98. The summed E-state index contributed by atoms with van der Waals surface area (Å²) >= 11 is 0. The molecule has 2 aromatic carbocycles. The van der Waals surface area contributed by atoms with Gasteiger partial charge in [0.2, 0.25) is 0 Å². The third-order valence-electron chi connectivity index (χ3n) is 5.36. The molecule has 0 bridgehead atoms. The molecule has 1 aliphatic carbocycles. The molecule has 0 amide bonds. The summed E-state index contributed by atoms with van der Waals surface area (Å²) in [6.45, 7) is 4.90. The lowest BCUT2D eigenvalue weighted by atomic mass is 9.81. The number of rotatable bonds is 7. The Labute approximate surface area is 152 Å². The van der Waals surface area contributed by atoms with Crippen LogP contribution < -0.4 is 4.74 Å². The SMILES string of the molecule is CC=CCOc1ccc2c(c1)CCC(CCc1ccc(CC)cc1)C2. The van der Waals surface area contributed by atoms with E-state index in [9.17, 15) is 0 Å². The summed E-state index contributed by atoms with van der Waals surface area (Å²) in [6, 6.07) is 15.8. The molecular weight excluding hydrogens is 304 g/mol. The Morgan fingerprint density at radius 3 is 2.60 bits per heavy atom. The molecule has 132 valence electrons. The number of fused-ring (bicyclic) bond motifs is 1. The molecule has 1 nitrogen and oxygen atoms in total. The molecule has 1 aliphatic rings. The van der Waals surface area contributed by atoms with Gasteiger partial charge in [-0.2, -0.15) is 0 Å². The van der Waals surface area contributed by atoms with E-state index in [2.05, 4.69) is 49.4 Å². The standard InChI is InChI=1S/C24H30O/c1-3-5-16-25-24-15-14-22-17-21(12-13-23(22)18-24)11-10-20-8-6-19(4-2)7-9-20/h3,5-9,14-15,18,21H,4,10-13,16-17H2,1-2H3. The number of benzene rings is 2. The van der Waals surface area contributed by atoms with E-state index in [1.165, 1.54) is 54.4 Å². The monoisotopic (exact) mass is 334 g/mol. The van der Waals surface area contributed by atoms with Crippen LogP contribution in [-0.4, -0.2) is 6.61 Å². The van der Waals surface area contributed by atoms with E-state index >= 15 is 0 Å². The summed E-state index contributed by atoms with van der Waals surface area (Å²) in [6.07, 6.45) is 11.4. The second kappa shape index (κ2) is 8.89. The van der Waals surface area contributed by atoms with Gasteiger partial charge in [-0.05, 0) is 85.8 Å². The molecule has 0 aliphatic heterocycles. The molecule has 3 rings (SSSR count). The van der Waals surface area contributed by atoms with Crippen LogP contribution in [0.3, 0.4) is 0 Å². The van der Waals surface area contributed by atoms with E-state index in [1.807, 2.05) is 19.1 Å². The molecule has 0 heterocycles. The average molecular weight is 335 g/mol. The minimum atomic E-state index is 0.661. The van der Waals surface area contributed by atoms with E-state index in [1.54, 1.807) is 0 Å². The fourth-order valence-corrected chi connectivity index (χ4v) is 3.70. The zero-order valence-electron chi connectivity index (χ0n) is 15.6. The second-order valence-corrected chi connectivity index (χ2v) is 7.13. The predicted molar refractivity (Wildman–Crippen MR) is 106 cm³/mol. The lowest BCUT2D eigenvalue weighted by Gasteiger charge is -2.25. The van der Waals surface area contributed by atoms with Gasteiger partial charge in [0.25, 0.3) is 0 Å². The molecule has 0 spiro atoms. The van der Waals surface area contributed by atoms with Crippen molar-refractivity contribution in [2.24, 2.45) is 5.92 Å². The quantitative estimate of drug-likeness (QED) is 0.569. The fourth-order valence-electron chi connectivity index (χ4n) is 3.70. The smallest absolute Gasteiger partial charge is 0.120 e. The summed E-state index contributed by atoms with van der Waals surface area (Å²) in [7, 11) is 0. The van der Waals surface area contributed by atoms with Crippen LogP contribution in [0.2, 0.25) is 0 Å². The van der Waals surface area contributed by atoms with Gasteiger partial charge in [-0.15, -0.1) is 0 Å². The van der Waals surface area contributed by atoms with Crippen molar-refractivity contribution in [1.29, 1.82) is 0 Å². The number of aryl methyl sites for hydroxylation is 3. The summed E-state index contributed by atoms with van der Waals surface area (Å²) in [5, 5.41) is 0. The Morgan fingerprint density at radius 1 is 1.04 bits per heavy atom. The molecule has 1 atom stereocenters. The number of hydrogen-bond donors (Lipinski definition) is 0. The number of allylic oxidation sites excluding steroid dienone is 1. The minimum Gasteiger partial charge on any atom is -0.490 e. The molecule has 0 aromatic heterocycles. The molecule has 0 saturated heterocycles. The van der Waals surface area contributed by atoms with Crippen molar-refractivity contribution in [1.82, 2.24) is 0 Å². The average Bonchev–Trinajstić information content (AvgIpc) is 2.67. The Morgan fingerprint density at radius 2 is 1.84 bits per heavy atom. The van der Waals surface area contributed by atoms with E-state index in [4.69, 9.17) is 4.74 Å². The van der Waals surface area contributed by atoms with Crippen molar-refractivity contribution < 1.29 is 4.74 Å². The predicted octanol–water partition coefficient (Wildman–Crippen LogP) is 5.94. The molecule has 1 unspecified atom stereocenters. The van der Waals surface area contributed by atoms with Crippen molar-refractivity contribution in [3.63, 3.8) is 0 Å². The summed E-state index contributed by atoms with van der Waals surface area (Å²) < 4.78 is 5.78. The van der Waals surface area contributed by atoms with Crippen molar-refractivity contribution in [2.75, 3.05) is 6.61 Å². The lowest BCUT2D eigenvalue weighted by Crippen LogP contribution is -2.15. The Bertz CT molecular complexity index is 697. The Hall–Kier alpha value is -2.02. The van der Waals surface area contributed by atoms with Crippen molar-refractivity contribution in [2.45, 2.75) is 52.4 Å². The number of hydrogen-bond acceptors (Lipinski definition) is 1. The van der Waals surface area contributed by atoms with Crippen LogP contribution >= 0.6 is 0 Å². The maximum atomic E-state index is 5.78. The highest BCUT2D eigenvalue weighted by Crippen LogP contribution is 2.31. The lowest BCUT2D eigenvalue weighted by molar-refractivity contribution is 0.360. The van der Waals surface area contributed by atoms with E-state index in [0.29, 0.717) is 6.61 Å². The largest absolute Gasteiger partial charge is 0.490 e. The molecular formula is C24H30O. The molecule has 0 fully saturated rings. The number of ether oxygens (including phenoxy) is 1. The first-order valence-corrected chi connectivity index (χ1v) is 9.72. The minimum absolute atomic E-state index is 0.661. The van der Waals surface area contributed by atoms with Gasteiger partial charge >= 0.3 is 0 Å². The molecule has 0 N–H and O–H groups in total. The first kappa shape index (κ1) is 17.8. The molecule has 2 aromatic rings. The van der Waals surface area contributed by atoms with Gasteiger partial charge in [-0.25, -0.2) is 0 Å². The first-order valence-electron chi connectivity index (χ1n) is 9.72. The van der Waals surface area contributed by atoms with Crippen LogP contribution in [-0.2, 0) is 25.7 Å². The summed E-state index contributed by atoms with van der Waals surface area (Å²) in [4.78, 5) is 0. The highest BCUT2D eigenvalue weighted by molar-refractivity contribution is 5.37. The van der Waals surface area contributed by atoms with Crippen LogP contribution in [0.5, 0.6) is 5.75 Å². The van der Waals surface area contributed by atoms with Crippen LogP contribution in [0.15, 0.2) is 54.6 Å². The van der Waals surface area contributed by atoms with E-state index in [-0.39, 0.29) is 0 Å². The van der Waals surface area contributed by atoms with Gasteiger partial charge in [0.05, 0.1) is 0 Å². The summed E-state index contributed by atoms with van der Waals surface area (Å²) in [5.74, 6) is 1.82. The molecule has 0 radical (unpaired) electrons. The van der Waals surface area contributed by atoms with Crippen molar-refractivity contribution >= 4 is 0 Å². The van der Waals surface area contributed by atoms with Crippen LogP contribution in [0.25, 0.3) is 0 Å². The Balaban J connectivity index is 1.53. The summed E-state index contributed by atoms with van der Waals surface area (Å²) in [5.41, 5.74) is 5.93. The van der Waals surface area contributed by atoms with Crippen LogP contribution in [0, 0.1) is 5.92 Å². The van der Waals surface area contributed by atoms with E-state index in [0.717, 1.165) is 18.1 Å². The molecule has 25 heavy (non-hydrogen) atoms. The van der Waals surface area contributed by atoms with Gasteiger partial charge in [-0.3, -0.25) is 0 Å². The van der Waals surface area contributed by atoms with Crippen molar-refractivity contribution in [3.8, 4) is 5.75 Å². The van der Waals surface area contributed by atoms with E-state index < -0.39 is 0 Å². The second-order valence-electron chi connectivity index (χ2n) is 7.13.